The number of thioether (sulfide) groups is 1. The maximum absolute atomic E-state index is 9.38. The molecule has 0 atom stereocenters. The van der Waals surface area contributed by atoms with Crippen molar-refractivity contribution in [3.8, 4) is 0 Å². The fraction of sp³-hybridized carbons (Fsp3) is 0.333. The van der Waals surface area contributed by atoms with Crippen molar-refractivity contribution >= 4 is 11.8 Å². The Morgan fingerprint density at radius 2 is 1.85 bits per heavy atom. The molecule has 0 aliphatic rings. The van der Waals surface area contributed by atoms with Crippen LogP contribution in [0.3, 0.4) is 0 Å². The molecule has 0 bridgehead atoms. The van der Waals surface area contributed by atoms with E-state index in [1.807, 2.05) is 18.4 Å². The third-order valence-corrected chi connectivity index (χ3v) is 2.58. The van der Waals surface area contributed by atoms with Gasteiger partial charge in [0.1, 0.15) is 0 Å². The molecule has 0 aromatic heterocycles. The van der Waals surface area contributed by atoms with E-state index in [0.717, 1.165) is 4.90 Å². The highest BCUT2D eigenvalue weighted by Crippen LogP contribution is 2.20. The van der Waals surface area contributed by atoms with E-state index >= 15 is 0 Å². The van der Waals surface area contributed by atoms with Crippen molar-refractivity contribution in [1.29, 1.82) is 0 Å². The lowest BCUT2D eigenvalue weighted by atomic mass is 10.1. The summed E-state index contributed by atoms with van der Waals surface area (Å²) in [7, 11) is 0. The summed E-state index contributed by atoms with van der Waals surface area (Å²) >= 11 is 1.60. The molecule has 4 N–H and O–H groups in total. The largest absolute Gasteiger partial charge is 0.361 e. The Hall–Kier alpha value is -0.550. The van der Waals surface area contributed by atoms with Gasteiger partial charge in [-0.1, -0.05) is 12.1 Å². The van der Waals surface area contributed by atoms with Crippen molar-refractivity contribution in [1.82, 2.24) is 0 Å². The van der Waals surface area contributed by atoms with Crippen LogP contribution in [0.1, 0.15) is 5.56 Å². The van der Waals surface area contributed by atoms with Gasteiger partial charge in [0.2, 0.25) is 5.79 Å². The molecule has 0 heterocycles. The average Bonchev–Trinajstić information content (AvgIpc) is 2.18. The molecule has 0 aliphatic carbocycles. The van der Waals surface area contributed by atoms with Crippen molar-refractivity contribution in [2.24, 2.45) is 5.73 Å². The van der Waals surface area contributed by atoms with Crippen molar-refractivity contribution in [2.45, 2.75) is 10.7 Å². The van der Waals surface area contributed by atoms with Gasteiger partial charge in [-0.3, -0.25) is 0 Å². The second-order valence-electron chi connectivity index (χ2n) is 2.75. The molecular weight excluding hydrogens is 186 g/mol. The Kier molecular flexibility index (Phi) is 3.33. The lowest BCUT2D eigenvalue weighted by Gasteiger charge is -2.19. The zero-order valence-electron chi connectivity index (χ0n) is 7.40. The number of nitrogens with two attached hydrogens (primary N) is 1. The first-order valence-corrected chi connectivity index (χ1v) is 5.12. The standard InChI is InChI=1S/C9H13NO2S/c1-13-8-4-2-7(3-5-8)9(11,12)6-10/h2-5,11-12H,6,10H2,1H3. The summed E-state index contributed by atoms with van der Waals surface area (Å²) in [4.78, 5) is 1.08. The molecule has 1 aromatic rings. The van der Waals surface area contributed by atoms with Crippen LogP contribution >= 0.6 is 11.8 Å². The molecule has 0 unspecified atom stereocenters. The van der Waals surface area contributed by atoms with E-state index in [4.69, 9.17) is 5.73 Å². The van der Waals surface area contributed by atoms with Crippen molar-refractivity contribution in [3.05, 3.63) is 29.8 Å². The third-order valence-electron chi connectivity index (χ3n) is 1.84. The Labute approximate surface area is 81.6 Å². The molecule has 4 heteroatoms. The summed E-state index contributed by atoms with van der Waals surface area (Å²) in [5.41, 5.74) is 5.63. The van der Waals surface area contributed by atoms with Crippen molar-refractivity contribution in [3.63, 3.8) is 0 Å². The fourth-order valence-electron chi connectivity index (χ4n) is 0.976. The first-order chi connectivity index (χ1) is 6.10. The molecule has 1 aromatic carbocycles. The maximum atomic E-state index is 9.38. The minimum Gasteiger partial charge on any atom is -0.361 e. The normalized spacial score (nSPS) is 11.7. The number of benzene rings is 1. The highest BCUT2D eigenvalue weighted by molar-refractivity contribution is 7.98. The molecule has 13 heavy (non-hydrogen) atoms. The number of aliphatic hydroxyl groups is 2. The van der Waals surface area contributed by atoms with Crippen LogP contribution in [-0.2, 0) is 5.79 Å². The lowest BCUT2D eigenvalue weighted by Crippen LogP contribution is -2.34. The van der Waals surface area contributed by atoms with Gasteiger partial charge in [0, 0.05) is 10.5 Å². The summed E-state index contributed by atoms with van der Waals surface area (Å²) < 4.78 is 0. The fourth-order valence-corrected chi connectivity index (χ4v) is 1.38. The second kappa shape index (κ2) is 4.11. The van der Waals surface area contributed by atoms with E-state index in [0.29, 0.717) is 5.56 Å². The minimum absolute atomic E-state index is 0.203. The van der Waals surface area contributed by atoms with E-state index in [9.17, 15) is 10.2 Å². The summed E-state index contributed by atoms with van der Waals surface area (Å²) in [6, 6.07) is 6.99. The Balaban J connectivity index is 2.92. The van der Waals surface area contributed by atoms with E-state index in [1.165, 1.54) is 0 Å². The Bertz CT molecular complexity index is 271. The molecular formula is C9H13NO2S. The number of rotatable bonds is 3. The summed E-state index contributed by atoms with van der Waals surface area (Å²) in [6.07, 6.45) is 1.96. The van der Waals surface area contributed by atoms with E-state index in [2.05, 4.69) is 0 Å². The predicted octanol–water partition coefficient (Wildman–Crippen LogP) is 0.505. The van der Waals surface area contributed by atoms with Gasteiger partial charge in [-0.05, 0) is 18.4 Å². The molecule has 0 spiro atoms. The van der Waals surface area contributed by atoms with E-state index < -0.39 is 5.79 Å². The number of hydrogen-bond acceptors (Lipinski definition) is 4. The molecule has 0 saturated carbocycles. The van der Waals surface area contributed by atoms with Crippen molar-refractivity contribution < 1.29 is 10.2 Å². The van der Waals surface area contributed by atoms with Crippen LogP contribution in [0.15, 0.2) is 29.2 Å². The minimum atomic E-state index is -1.91. The monoisotopic (exact) mass is 199 g/mol. The molecule has 72 valence electrons. The molecule has 0 amide bonds. The summed E-state index contributed by atoms with van der Waals surface area (Å²) in [6.45, 7) is -0.203. The van der Waals surface area contributed by atoms with Gasteiger partial charge in [-0.2, -0.15) is 0 Å². The zero-order valence-corrected chi connectivity index (χ0v) is 8.21. The van der Waals surface area contributed by atoms with Gasteiger partial charge in [0.05, 0.1) is 6.54 Å². The topological polar surface area (TPSA) is 66.5 Å². The van der Waals surface area contributed by atoms with Crippen LogP contribution in [0.25, 0.3) is 0 Å². The molecule has 0 fully saturated rings. The Morgan fingerprint density at radius 3 is 2.23 bits per heavy atom. The third kappa shape index (κ3) is 2.45. The van der Waals surface area contributed by atoms with E-state index in [1.54, 1.807) is 23.9 Å². The first-order valence-electron chi connectivity index (χ1n) is 3.89. The van der Waals surface area contributed by atoms with Gasteiger partial charge < -0.3 is 15.9 Å². The van der Waals surface area contributed by atoms with Gasteiger partial charge in [-0.25, -0.2) is 0 Å². The molecule has 3 nitrogen and oxygen atoms in total. The van der Waals surface area contributed by atoms with Crippen LogP contribution in [0.4, 0.5) is 0 Å². The average molecular weight is 199 g/mol. The van der Waals surface area contributed by atoms with E-state index in [-0.39, 0.29) is 6.54 Å². The lowest BCUT2D eigenvalue weighted by molar-refractivity contribution is -0.160. The summed E-state index contributed by atoms with van der Waals surface area (Å²) in [5.74, 6) is -1.91. The van der Waals surface area contributed by atoms with Crippen molar-refractivity contribution in [2.75, 3.05) is 12.8 Å². The molecule has 0 aliphatic heterocycles. The Morgan fingerprint density at radius 1 is 1.31 bits per heavy atom. The van der Waals surface area contributed by atoms with Crippen LogP contribution in [0.5, 0.6) is 0 Å². The molecule has 1 rings (SSSR count). The van der Waals surface area contributed by atoms with Gasteiger partial charge in [-0.15, -0.1) is 11.8 Å². The quantitative estimate of drug-likeness (QED) is 0.490. The second-order valence-corrected chi connectivity index (χ2v) is 3.63. The predicted molar refractivity (Wildman–Crippen MR) is 53.4 cm³/mol. The SMILES string of the molecule is CSc1ccc(C(O)(O)CN)cc1. The zero-order chi connectivity index (χ0) is 9.90. The van der Waals surface area contributed by atoms with Crippen LogP contribution in [0.2, 0.25) is 0 Å². The van der Waals surface area contributed by atoms with Crippen LogP contribution in [0, 0.1) is 0 Å². The van der Waals surface area contributed by atoms with Gasteiger partial charge >= 0.3 is 0 Å². The molecule has 0 saturated heterocycles. The maximum Gasteiger partial charge on any atom is 0.202 e. The molecule has 0 radical (unpaired) electrons. The first kappa shape index (κ1) is 10.5. The number of hydrogen-bond donors (Lipinski definition) is 3. The highest BCUT2D eigenvalue weighted by Gasteiger charge is 2.22. The highest BCUT2D eigenvalue weighted by atomic mass is 32.2. The van der Waals surface area contributed by atoms with Crippen LogP contribution < -0.4 is 5.73 Å². The summed E-state index contributed by atoms with van der Waals surface area (Å²) in [5, 5.41) is 18.8. The van der Waals surface area contributed by atoms with Gasteiger partial charge in [0.25, 0.3) is 0 Å². The van der Waals surface area contributed by atoms with Gasteiger partial charge in [0.15, 0.2) is 0 Å². The smallest absolute Gasteiger partial charge is 0.202 e. The van der Waals surface area contributed by atoms with Crippen LogP contribution in [-0.4, -0.2) is 23.0 Å².